The molecule has 1 unspecified atom stereocenters. The van der Waals surface area contributed by atoms with Crippen molar-refractivity contribution in [1.82, 2.24) is 0 Å². The summed E-state index contributed by atoms with van der Waals surface area (Å²) in [5, 5.41) is 20.0. The van der Waals surface area contributed by atoms with Gasteiger partial charge in [0.25, 0.3) is 0 Å². The molecular weight excluding hydrogens is 907 g/mol. The summed E-state index contributed by atoms with van der Waals surface area (Å²) in [5.41, 5.74) is 6.11. The summed E-state index contributed by atoms with van der Waals surface area (Å²) >= 11 is 4.76. The predicted octanol–water partition coefficient (Wildman–Crippen LogP) is 6.56. The van der Waals surface area contributed by atoms with E-state index < -0.39 is 11.9 Å². The average molecular weight is 963 g/mol. The van der Waals surface area contributed by atoms with E-state index >= 15 is 0 Å². The van der Waals surface area contributed by atoms with E-state index in [2.05, 4.69) is 19.4 Å². The molecule has 4 rings (SSSR count). The van der Waals surface area contributed by atoms with Gasteiger partial charge in [-0.3, -0.25) is 9.59 Å². The van der Waals surface area contributed by atoms with Gasteiger partial charge in [0.15, 0.2) is 11.6 Å². The van der Waals surface area contributed by atoms with Crippen LogP contribution in [0.2, 0.25) is 0 Å². The van der Waals surface area contributed by atoms with Crippen molar-refractivity contribution in [2.45, 2.75) is 56.0 Å². The fourth-order valence-electron chi connectivity index (χ4n) is 2.98. The number of carboxylic acids is 1. The Morgan fingerprint density at radius 2 is 0.875 bits per heavy atom. The molecule has 0 amide bonds. The smallest absolute Gasteiger partial charge is 0.348 e. The molecule has 1 atom stereocenters. The molecule has 4 heterocycles. The monoisotopic (exact) mass is 961 g/mol. The van der Waals surface area contributed by atoms with Gasteiger partial charge >= 0.3 is 23.9 Å². The molecule has 0 saturated heterocycles. The summed E-state index contributed by atoms with van der Waals surface area (Å²) < 4.78 is 13.6. The topological polar surface area (TPSA) is 303 Å². The first-order valence-corrected chi connectivity index (χ1v) is 16.7. The van der Waals surface area contributed by atoms with Gasteiger partial charge in [0, 0.05) is 31.3 Å². The number of ether oxygens (including phenoxy) is 3. The maximum absolute atomic E-state index is 11.0. The SMILES string of the molecule is C.C.C.CC(=O)c1ccc(C(=O)O)s1.COC(=O)c1ccc(C(C)=NO)s1.COC(=O)c1ccc(C(C)=O)s1.COC(=O)c1ccc(C(C)N)s1.O.O.O.[CH3-].[Pd]. The van der Waals surface area contributed by atoms with Crippen LogP contribution in [0.5, 0.6) is 0 Å². The third kappa shape index (κ3) is 23.2. The third-order valence-electron chi connectivity index (χ3n) is 5.46. The second-order valence-electron chi connectivity index (χ2n) is 9.06. The Morgan fingerprint density at radius 3 is 1.14 bits per heavy atom. The Morgan fingerprint density at radius 1 is 0.589 bits per heavy atom. The van der Waals surface area contributed by atoms with Gasteiger partial charge in [-0.15, -0.1) is 45.3 Å². The Labute approximate surface area is 357 Å². The zero-order valence-corrected chi connectivity index (χ0v) is 34.6. The van der Waals surface area contributed by atoms with Gasteiger partial charge in [-0.05, 0) is 76.2 Å². The molecule has 21 heteroatoms. The quantitative estimate of drug-likeness (QED) is 0.0247. The number of Topliss-reactive ketones (excluding diaryl/α,β-unsaturated/α-hetero) is 2. The third-order valence-corrected chi connectivity index (χ3v) is 10.2. The number of methoxy groups -OCH3 is 3. The normalized spacial score (nSPS) is 9.25. The average Bonchev–Trinajstić information content (AvgIpc) is 3.89. The molecule has 0 aliphatic carbocycles. The second kappa shape index (κ2) is 35.4. The molecule has 4 aromatic heterocycles. The number of nitrogens with two attached hydrogens (primary N) is 1. The van der Waals surface area contributed by atoms with E-state index in [-0.39, 0.29) is 101 Å². The largest absolute Gasteiger partial charge is 0.477 e. The van der Waals surface area contributed by atoms with Gasteiger partial charge in [-0.1, -0.05) is 27.4 Å². The van der Waals surface area contributed by atoms with Crippen LogP contribution in [0.15, 0.2) is 53.7 Å². The fourth-order valence-corrected chi connectivity index (χ4v) is 6.28. The zero-order valence-electron chi connectivity index (χ0n) is 29.7. The van der Waals surface area contributed by atoms with Crippen molar-refractivity contribution >= 4 is 86.5 Å². The zero-order chi connectivity index (χ0) is 36.6. The molecule has 0 fully saturated rings. The summed E-state index contributed by atoms with van der Waals surface area (Å²) in [6.45, 7) is 6.42. The molecule has 0 spiro atoms. The first kappa shape index (κ1) is 69.9. The molecule has 0 aliphatic rings. The minimum atomic E-state index is -0.984. The fraction of sp³-hybridized carbons (Fsp3) is 0.314. The number of rotatable bonds is 8. The predicted molar refractivity (Wildman–Crippen MR) is 222 cm³/mol. The van der Waals surface area contributed by atoms with Crippen molar-refractivity contribution in [1.29, 1.82) is 0 Å². The van der Waals surface area contributed by atoms with Crippen LogP contribution in [0.3, 0.4) is 0 Å². The number of aromatic carboxylic acids is 1. The Kier molecular flexibility index (Phi) is 44.2. The van der Waals surface area contributed by atoms with Crippen molar-refractivity contribution in [3.8, 4) is 0 Å². The number of ketones is 2. The molecule has 0 bridgehead atoms. The van der Waals surface area contributed by atoms with Crippen LogP contribution in [0.4, 0.5) is 0 Å². The number of thiophene rings is 4. The number of oxime groups is 1. The second-order valence-corrected chi connectivity index (χ2v) is 13.4. The molecule has 16 nitrogen and oxygen atoms in total. The van der Waals surface area contributed by atoms with Crippen LogP contribution in [0.1, 0.15) is 124 Å². The van der Waals surface area contributed by atoms with Crippen molar-refractivity contribution < 1.29 is 90.1 Å². The van der Waals surface area contributed by atoms with Crippen LogP contribution in [0.25, 0.3) is 0 Å². The maximum atomic E-state index is 11.0. The number of carboxylic acid groups (broad SMARTS) is 1. The van der Waals surface area contributed by atoms with Gasteiger partial charge in [0.05, 0.1) is 41.7 Å². The molecule has 4 aromatic rings. The minimum Gasteiger partial charge on any atom is -0.477 e. The molecular formula is C35H55N2O14PdS4-. The summed E-state index contributed by atoms with van der Waals surface area (Å²) in [4.78, 5) is 69.4. The van der Waals surface area contributed by atoms with Crippen LogP contribution in [0, 0.1) is 7.43 Å². The molecule has 10 N–H and O–H groups in total. The Hall–Kier alpha value is -4.01. The van der Waals surface area contributed by atoms with Gasteiger partial charge in [-0.2, -0.15) is 0 Å². The van der Waals surface area contributed by atoms with Crippen LogP contribution < -0.4 is 5.73 Å². The van der Waals surface area contributed by atoms with Gasteiger partial charge < -0.3 is 54.1 Å². The summed E-state index contributed by atoms with van der Waals surface area (Å²) in [6.07, 6.45) is 0. The van der Waals surface area contributed by atoms with E-state index in [9.17, 15) is 28.8 Å². The first-order chi connectivity index (χ1) is 22.6. The first-order valence-electron chi connectivity index (χ1n) is 13.4. The van der Waals surface area contributed by atoms with Crippen molar-refractivity contribution in [3.63, 3.8) is 0 Å². The molecule has 0 aliphatic heterocycles. The number of esters is 3. The van der Waals surface area contributed by atoms with Crippen LogP contribution in [-0.4, -0.2) is 89.2 Å². The molecule has 0 radical (unpaired) electrons. The standard InChI is InChI=1S/C8H9NO3S.C8H11NO2S.C8H8O3S.C7H6O3S.3CH4.CH3.3H2O.Pd/c1-5(9-11)6-3-4-7(13-6)8(10)12-2;2*1-5(9)6-3-4-7(12-6)8(10)11-2;1-4(8)5-2-3-6(11-5)7(9)10;;;;;;;;/h3-4,11H,1-2H3;3-5H,9H2,1-2H3;3-4H,1-2H3;2-3H,1H3,(H,9,10);3*1H4;1H3;3*1H2;/q;;;;;;;-1;;;;. The van der Waals surface area contributed by atoms with Crippen LogP contribution >= 0.6 is 45.3 Å². The summed E-state index contributed by atoms with van der Waals surface area (Å²) in [7, 11) is 4.01. The maximum Gasteiger partial charge on any atom is 0.348 e. The van der Waals surface area contributed by atoms with Gasteiger partial charge in [-0.25, -0.2) is 19.2 Å². The van der Waals surface area contributed by atoms with Crippen molar-refractivity contribution in [2.24, 2.45) is 10.9 Å². The van der Waals surface area contributed by atoms with E-state index in [4.69, 9.17) is 16.0 Å². The number of carbonyl (C=O) groups excluding carboxylic acids is 5. The number of nitrogens with zero attached hydrogens (tertiary/aromatic N) is 1. The van der Waals surface area contributed by atoms with Gasteiger partial charge in [0.2, 0.25) is 0 Å². The number of hydrogen-bond donors (Lipinski definition) is 3. The Bertz CT molecular complexity index is 1730. The number of hydrogen-bond acceptors (Lipinski definition) is 16. The van der Waals surface area contributed by atoms with E-state index in [0.717, 1.165) is 32.4 Å². The molecule has 56 heavy (non-hydrogen) atoms. The van der Waals surface area contributed by atoms with Gasteiger partial charge in [0.1, 0.15) is 19.5 Å². The van der Waals surface area contributed by atoms with E-state index in [1.807, 2.05) is 13.0 Å². The van der Waals surface area contributed by atoms with Crippen molar-refractivity contribution in [3.05, 3.63) is 95.0 Å². The minimum absolute atomic E-state index is 0. The summed E-state index contributed by atoms with van der Waals surface area (Å²) in [6, 6.07) is 13.1. The number of carbonyl (C=O) groups is 6. The van der Waals surface area contributed by atoms with E-state index in [0.29, 0.717) is 30.1 Å². The van der Waals surface area contributed by atoms with Crippen LogP contribution in [-0.2, 0) is 34.6 Å². The molecule has 0 saturated carbocycles. The van der Waals surface area contributed by atoms with E-state index in [1.165, 1.54) is 70.0 Å². The summed E-state index contributed by atoms with van der Waals surface area (Å²) in [5.74, 6) is -2.18. The Balaban J connectivity index is -0.0000000874. The molecule has 324 valence electrons. The van der Waals surface area contributed by atoms with Crippen molar-refractivity contribution in [2.75, 3.05) is 21.3 Å². The van der Waals surface area contributed by atoms with E-state index in [1.54, 1.807) is 37.3 Å². The molecule has 0 aromatic carbocycles.